The Hall–Kier alpha value is -6.51. The van der Waals surface area contributed by atoms with Crippen molar-refractivity contribution < 1.29 is 4.42 Å². The molecule has 10 aromatic rings. The summed E-state index contributed by atoms with van der Waals surface area (Å²) in [6, 6.07) is 62.9. The largest absolute Gasteiger partial charge is 0.435 e. The minimum absolute atomic E-state index is 0.642. The number of fused-ring (bicyclic) bond motifs is 7. The molecule has 0 N–H and O–H groups in total. The van der Waals surface area contributed by atoms with Gasteiger partial charge in [0.1, 0.15) is 5.52 Å². The number of benzene rings is 9. The zero-order valence-corrected chi connectivity index (χ0v) is 26.6. The average Bonchev–Trinajstić information content (AvgIpc) is 3.62. The topological polar surface area (TPSA) is 26.0 Å². The van der Waals surface area contributed by atoms with Gasteiger partial charge in [0.2, 0.25) is 5.89 Å². The Morgan fingerprint density at radius 2 is 0.918 bits per heavy atom. The van der Waals surface area contributed by atoms with E-state index < -0.39 is 0 Å². The molecule has 9 aromatic carbocycles. The Balaban J connectivity index is 1.22. The Labute approximate surface area is 283 Å². The molecule has 0 radical (unpaired) electrons. The van der Waals surface area contributed by atoms with E-state index in [1.807, 2.05) is 30.3 Å². The summed E-state index contributed by atoms with van der Waals surface area (Å²) in [5.74, 6) is 0.642. The molecule has 0 fully saturated rings. The van der Waals surface area contributed by atoms with Crippen LogP contribution in [-0.4, -0.2) is 4.98 Å². The van der Waals surface area contributed by atoms with Crippen LogP contribution in [0.5, 0.6) is 0 Å². The summed E-state index contributed by atoms with van der Waals surface area (Å²) < 4.78 is 6.49. The van der Waals surface area contributed by atoms with Crippen molar-refractivity contribution in [3.63, 3.8) is 0 Å². The molecule has 0 aliphatic rings. The molecule has 1 heterocycles. The van der Waals surface area contributed by atoms with E-state index in [1.165, 1.54) is 60.3 Å². The van der Waals surface area contributed by atoms with Crippen LogP contribution in [0.1, 0.15) is 0 Å². The second-order valence-corrected chi connectivity index (χ2v) is 12.7. The molecule has 0 bridgehead atoms. The Morgan fingerprint density at radius 3 is 1.61 bits per heavy atom. The molecule has 0 spiro atoms. The highest BCUT2D eigenvalue weighted by Gasteiger charge is 2.20. The van der Waals surface area contributed by atoms with Gasteiger partial charge in [-0.3, -0.25) is 0 Å². The van der Waals surface area contributed by atoms with E-state index in [1.54, 1.807) is 0 Å². The summed E-state index contributed by atoms with van der Waals surface area (Å²) in [6.45, 7) is 0. The maximum atomic E-state index is 6.49. The van der Waals surface area contributed by atoms with Crippen molar-refractivity contribution in [1.29, 1.82) is 0 Å². The lowest BCUT2D eigenvalue weighted by Gasteiger charge is -2.20. The molecule has 0 unspecified atom stereocenters. The van der Waals surface area contributed by atoms with E-state index in [0.717, 1.165) is 32.8 Å². The van der Waals surface area contributed by atoms with Gasteiger partial charge in [0.25, 0.3) is 0 Å². The molecule has 0 aliphatic heterocycles. The summed E-state index contributed by atoms with van der Waals surface area (Å²) in [7, 11) is 0. The molecule has 2 nitrogen and oxygen atoms in total. The minimum atomic E-state index is 0.642. The van der Waals surface area contributed by atoms with Gasteiger partial charge in [-0.25, -0.2) is 4.98 Å². The minimum Gasteiger partial charge on any atom is -0.435 e. The van der Waals surface area contributed by atoms with E-state index in [2.05, 4.69) is 146 Å². The molecule has 10 rings (SSSR count). The third-order valence-electron chi connectivity index (χ3n) is 9.88. The van der Waals surface area contributed by atoms with Crippen LogP contribution in [0.25, 0.3) is 99.0 Å². The van der Waals surface area contributed by atoms with Crippen LogP contribution in [0.15, 0.2) is 180 Å². The lowest BCUT2D eigenvalue weighted by molar-refractivity contribution is 0.623. The van der Waals surface area contributed by atoms with Crippen molar-refractivity contribution in [2.75, 3.05) is 0 Å². The first kappa shape index (κ1) is 27.6. The van der Waals surface area contributed by atoms with Gasteiger partial charge in [-0.05, 0) is 95.3 Å². The van der Waals surface area contributed by atoms with Gasteiger partial charge in [0.05, 0.1) is 0 Å². The fourth-order valence-electron chi connectivity index (χ4n) is 7.69. The maximum Gasteiger partial charge on any atom is 0.227 e. The van der Waals surface area contributed by atoms with Crippen LogP contribution in [0.4, 0.5) is 0 Å². The Morgan fingerprint density at radius 1 is 0.367 bits per heavy atom. The molecule has 1 aromatic heterocycles. The number of hydrogen-bond acceptors (Lipinski definition) is 2. The average molecular weight is 624 g/mol. The molecule has 228 valence electrons. The first-order valence-corrected chi connectivity index (χ1v) is 16.7. The third kappa shape index (κ3) is 4.38. The zero-order valence-electron chi connectivity index (χ0n) is 26.6. The van der Waals surface area contributed by atoms with E-state index >= 15 is 0 Å². The number of nitrogens with zero attached hydrogens (tertiary/aromatic N) is 1. The predicted octanol–water partition coefficient (Wildman–Crippen LogP) is 13.1. The van der Waals surface area contributed by atoms with E-state index in [4.69, 9.17) is 9.40 Å². The molecule has 0 saturated heterocycles. The SMILES string of the molecule is c1ccc(-c2nc3ccc4ccc5cc(-c6c7ccccc7c(-c7ccccc7-c7ccccc7)c7ccccc67)ccc5c4c3o2)cc1. The molecule has 0 saturated carbocycles. The molecular formula is C47H29NO. The van der Waals surface area contributed by atoms with Crippen LogP contribution in [0.3, 0.4) is 0 Å². The lowest BCUT2D eigenvalue weighted by Crippen LogP contribution is -1.92. The lowest BCUT2D eigenvalue weighted by atomic mass is 9.83. The van der Waals surface area contributed by atoms with Crippen LogP contribution >= 0.6 is 0 Å². The zero-order chi connectivity index (χ0) is 32.3. The summed E-state index contributed by atoms with van der Waals surface area (Å²) in [6.07, 6.45) is 0. The quantitative estimate of drug-likeness (QED) is 0.144. The van der Waals surface area contributed by atoms with Crippen molar-refractivity contribution in [2.45, 2.75) is 0 Å². The smallest absolute Gasteiger partial charge is 0.227 e. The summed E-state index contributed by atoms with van der Waals surface area (Å²) in [5.41, 5.74) is 10.1. The monoisotopic (exact) mass is 623 g/mol. The molecule has 2 heteroatoms. The van der Waals surface area contributed by atoms with Crippen molar-refractivity contribution in [2.24, 2.45) is 0 Å². The van der Waals surface area contributed by atoms with Crippen molar-refractivity contribution in [3.8, 4) is 44.8 Å². The van der Waals surface area contributed by atoms with E-state index in [9.17, 15) is 0 Å². The van der Waals surface area contributed by atoms with Crippen LogP contribution < -0.4 is 0 Å². The normalized spacial score (nSPS) is 11.7. The van der Waals surface area contributed by atoms with Crippen molar-refractivity contribution in [3.05, 3.63) is 176 Å². The maximum absolute atomic E-state index is 6.49. The van der Waals surface area contributed by atoms with Crippen molar-refractivity contribution >= 4 is 54.2 Å². The fraction of sp³-hybridized carbons (Fsp3) is 0. The van der Waals surface area contributed by atoms with Gasteiger partial charge in [0.15, 0.2) is 5.58 Å². The van der Waals surface area contributed by atoms with Crippen LogP contribution in [0.2, 0.25) is 0 Å². The van der Waals surface area contributed by atoms with E-state index in [-0.39, 0.29) is 0 Å². The Bertz CT molecular complexity index is 2810. The van der Waals surface area contributed by atoms with Crippen LogP contribution in [-0.2, 0) is 0 Å². The summed E-state index contributed by atoms with van der Waals surface area (Å²) in [4.78, 5) is 4.87. The molecule has 0 amide bonds. The standard InChI is InChI=1S/C47H29NO/c1-3-13-30(14-4-1)35-17-7-8-18-37(35)45-40-21-11-9-19-38(40)43(39-20-10-12-22-41(39)45)34-25-27-36-33(29-34)24-23-31-26-28-42-46(44(31)36)49-47(48-42)32-15-5-2-6-16-32/h1-29H. The number of rotatable bonds is 4. The molecular weight excluding hydrogens is 595 g/mol. The van der Waals surface area contributed by atoms with Gasteiger partial charge in [0, 0.05) is 10.9 Å². The number of oxazole rings is 1. The van der Waals surface area contributed by atoms with Gasteiger partial charge in [-0.1, -0.05) is 152 Å². The fourth-order valence-corrected chi connectivity index (χ4v) is 7.69. The van der Waals surface area contributed by atoms with Gasteiger partial charge < -0.3 is 4.42 Å². The highest BCUT2D eigenvalue weighted by Crippen LogP contribution is 2.46. The van der Waals surface area contributed by atoms with Gasteiger partial charge >= 0.3 is 0 Å². The van der Waals surface area contributed by atoms with Crippen molar-refractivity contribution in [1.82, 2.24) is 4.98 Å². The first-order valence-electron chi connectivity index (χ1n) is 16.7. The molecule has 0 atom stereocenters. The van der Waals surface area contributed by atoms with Gasteiger partial charge in [-0.15, -0.1) is 0 Å². The number of aromatic nitrogens is 1. The Kier molecular flexibility index (Phi) is 6.22. The second-order valence-electron chi connectivity index (χ2n) is 12.7. The van der Waals surface area contributed by atoms with Gasteiger partial charge in [-0.2, -0.15) is 0 Å². The molecule has 0 aliphatic carbocycles. The second kappa shape index (κ2) is 11.0. The first-order chi connectivity index (χ1) is 24.3. The third-order valence-corrected chi connectivity index (χ3v) is 9.88. The summed E-state index contributed by atoms with van der Waals surface area (Å²) >= 11 is 0. The predicted molar refractivity (Wildman–Crippen MR) is 206 cm³/mol. The highest BCUT2D eigenvalue weighted by molar-refractivity contribution is 6.24. The van der Waals surface area contributed by atoms with Crippen LogP contribution in [0, 0.1) is 0 Å². The summed E-state index contributed by atoms with van der Waals surface area (Å²) in [5, 5.41) is 9.53. The van der Waals surface area contributed by atoms with E-state index in [0.29, 0.717) is 5.89 Å². The highest BCUT2D eigenvalue weighted by atomic mass is 16.3. The number of hydrogen-bond donors (Lipinski definition) is 0. The molecule has 49 heavy (non-hydrogen) atoms.